The van der Waals surface area contributed by atoms with Crippen LogP contribution in [0.3, 0.4) is 0 Å². The highest BCUT2D eigenvalue weighted by Gasteiger charge is 2.08. The molecule has 0 aromatic heterocycles. The van der Waals surface area contributed by atoms with Gasteiger partial charge >= 0.3 is 0 Å². The summed E-state index contributed by atoms with van der Waals surface area (Å²) in [5.74, 6) is 0. The van der Waals surface area contributed by atoms with Crippen molar-refractivity contribution in [3.63, 3.8) is 0 Å². The second-order valence-electron chi connectivity index (χ2n) is 3.13. The normalized spacial score (nSPS) is 12.0. The van der Waals surface area contributed by atoms with Crippen molar-refractivity contribution in [3.05, 3.63) is 0 Å². The van der Waals surface area contributed by atoms with Gasteiger partial charge in [-0.05, 0) is 27.2 Å². The molecule has 0 aromatic rings. The molecule has 0 saturated heterocycles. The van der Waals surface area contributed by atoms with Gasteiger partial charge in [-0.2, -0.15) is 0 Å². The Labute approximate surface area is 57.3 Å². The molecule has 0 rings (SSSR count). The van der Waals surface area contributed by atoms with Gasteiger partial charge in [0.1, 0.15) is 0 Å². The molecule has 1 N–H and O–H groups in total. The summed E-state index contributed by atoms with van der Waals surface area (Å²) in [6, 6.07) is 0. The van der Waals surface area contributed by atoms with Crippen LogP contribution in [0.2, 0.25) is 0 Å². The molecule has 1 radical (unpaired) electrons. The quantitative estimate of drug-likeness (QED) is 0.563. The third-order valence-electron chi connectivity index (χ3n) is 0.902. The van der Waals surface area contributed by atoms with Crippen molar-refractivity contribution in [1.29, 1.82) is 0 Å². The summed E-state index contributed by atoms with van der Waals surface area (Å²) in [6.45, 7) is 7.21. The lowest BCUT2D eigenvalue weighted by atomic mass is 10.1. The maximum Gasteiger partial charge on any atom is 0.0443 e. The van der Waals surface area contributed by atoms with Crippen LogP contribution in [0.25, 0.3) is 0 Å². The predicted octanol–water partition coefficient (Wildman–Crippen LogP) is 0.772. The first-order valence-electron chi connectivity index (χ1n) is 3.36. The molecule has 0 atom stereocenters. The molecule has 0 unspecified atom stereocenters. The molecule has 0 aliphatic rings. The highest BCUT2D eigenvalue weighted by molar-refractivity contribution is 4.68. The summed E-state index contributed by atoms with van der Waals surface area (Å²) in [6.07, 6.45) is 0.789. The average Bonchev–Trinajstić information content (AvgIpc) is 1.63. The summed E-state index contributed by atoms with van der Waals surface area (Å²) in [7, 11) is 0. The van der Waals surface area contributed by atoms with Crippen molar-refractivity contribution < 1.29 is 5.11 Å². The molecule has 0 fully saturated rings. The largest absolute Gasteiger partial charge is 0.396 e. The molecule has 2 nitrogen and oxygen atoms in total. The lowest BCUT2D eigenvalue weighted by Gasteiger charge is -2.17. The van der Waals surface area contributed by atoms with Gasteiger partial charge in [0.25, 0.3) is 0 Å². The first-order chi connectivity index (χ1) is 4.06. The van der Waals surface area contributed by atoms with Gasteiger partial charge in [0.2, 0.25) is 0 Å². The van der Waals surface area contributed by atoms with Crippen molar-refractivity contribution >= 4 is 0 Å². The molecular weight excluding hydrogens is 114 g/mol. The third kappa shape index (κ3) is 7.92. The number of aliphatic hydroxyl groups excluding tert-OH is 1. The van der Waals surface area contributed by atoms with E-state index >= 15 is 0 Å². The van der Waals surface area contributed by atoms with E-state index in [4.69, 9.17) is 5.11 Å². The van der Waals surface area contributed by atoms with Crippen LogP contribution in [0.15, 0.2) is 0 Å². The first kappa shape index (κ1) is 8.92. The van der Waals surface area contributed by atoms with Gasteiger partial charge in [-0.1, -0.05) is 0 Å². The van der Waals surface area contributed by atoms with Crippen LogP contribution in [0, 0.1) is 0 Å². The molecule has 2 heteroatoms. The van der Waals surface area contributed by atoms with Crippen molar-refractivity contribution in [3.8, 4) is 0 Å². The molecular formula is C7H16NO. The fourth-order valence-electron chi connectivity index (χ4n) is 0.485. The van der Waals surface area contributed by atoms with E-state index in [9.17, 15) is 0 Å². The topological polar surface area (TPSA) is 34.3 Å². The SMILES string of the molecule is CC(C)(C)[N]CCCO. The van der Waals surface area contributed by atoms with E-state index in [0.717, 1.165) is 13.0 Å². The van der Waals surface area contributed by atoms with E-state index in [1.807, 2.05) is 0 Å². The van der Waals surface area contributed by atoms with Gasteiger partial charge in [0, 0.05) is 18.7 Å². The Bertz CT molecular complexity index is 65.8. The molecule has 0 amide bonds. The molecule has 9 heavy (non-hydrogen) atoms. The lowest BCUT2D eigenvalue weighted by Crippen LogP contribution is -2.29. The monoisotopic (exact) mass is 130 g/mol. The zero-order chi connectivity index (χ0) is 7.33. The number of hydrogen-bond donors (Lipinski definition) is 1. The van der Waals surface area contributed by atoms with Gasteiger partial charge in [-0.15, -0.1) is 0 Å². The van der Waals surface area contributed by atoms with Crippen molar-refractivity contribution in [1.82, 2.24) is 5.32 Å². The molecule has 0 spiro atoms. The Balaban J connectivity index is 3.07. The highest BCUT2D eigenvalue weighted by atomic mass is 16.3. The van der Waals surface area contributed by atoms with Crippen molar-refractivity contribution in [2.24, 2.45) is 0 Å². The van der Waals surface area contributed by atoms with E-state index < -0.39 is 0 Å². The van der Waals surface area contributed by atoms with E-state index in [1.54, 1.807) is 0 Å². The van der Waals surface area contributed by atoms with Gasteiger partial charge in [0.15, 0.2) is 0 Å². The zero-order valence-corrected chi connectivity index (χ0v) is 6.52. The van der Waals surface area contributed by atoms with E-state index in [-0.39, 0.29) is 12.1 Å². The van der Waals surface area contributed by atoms with Crippen molar-refractivity contribution in [2.45, 2.75) is 32.7 Å². The number of rotatable bonds is 3. The molecule has 55 valence electrons. The maximum absolute atomic E-state index is 8.40. The van der Waals surface area contributed by atoms with Crippen LogP contribution in [0.5, 0.6) is 0 Å². The first-order valence-corrected chi connectivity index (χ1v) is 3.36. The molecule has 0 saturated carbocycles. The van der Waals surface area contributed by atoms with Crippen LogP contribution in [-0.4, -0.2) is 23.8 Å². The summed E-state index contributed by atoms with van der Waals surface area (Å²) < 4.78 is 0. The lowest BCUT2D eigenvalue weighted by molar-refractivity contribution is 0.276. The number of aliphatic hydroxyl groups is 1. The smallest absolute Gasteiger partial charge is 0.0443 e. The Kier molecular flexibility index (Phi) is 3.82. The van der Waals surface area contributed by atoms with E-state index in [1.165, 1.54) is 0 Å². The molecule has 0 aliphatic carbocycles. The Hall–Kier alpha value is -0.0800. The maximum atomic E-state index is 8.40. The van der Waals surface area contributed by atoms with Gasteiger partial charge in [-0.3, -0.25) is 0 Å². The summed E-state index contributed by atoms with van der Waals surface area (Å²) >= 11 is 0. The highest BCUT2D eigenvalue weighted by Crippen LogP contribution is 1.99. The van der Waals surface area contributed by atoms with Gasteiger partial charge in [0.05, 0.1) is 0 Å². The van der Waals surface area contributed by atoms with Crippen LogP contribution in [0.4, 0.5) is 0 Å². The second-order valence-corrected chi connectivity index (χ2v) is 3.13. The molecule has 0 aromatic carbocycles. The fraction of sp³-hybridized carbons (Fsp3) is 1.00. The Morgan fingerprint density at radius 2 is 1.89 bits per heavy atom. The van der Waals surface area contributed by atoms with Gasteiger partial charge in [-0.25, -0.2) is 5.32 Å². The summed E-state index contributed by atoms with van der Waals surface area (Å²) in [5.41, 5.74) is 0.0647. The minimum Gasteiger partial charge on any atom is -0.396 e. The summed E-state index contributed by atoms with van der Waals surface area (Å²) in [4.78, 5) is 0. The van der Waals surface area contributed by atoms with E-state index in [2.05, 4.69) is 26.1 Å². The van der Waals surface area contributed by atoms with Crippen LogP contribution < -0.4 is 5.32 Å². The van der Waals surface area contributed by atoms with Crippen LogP contribution in [0.1, 0.15) is 27.2 Å². The van der Waals surface area contributed by atoms with Crippen molar-refractivity contribution in [2.75, 3.05) is 13.2 Å². The Morgan fingerprint density at radius 1 is 1.33 bits per heavy atom. The number of nitrogens with zero attached hydrogens (tertiary/aromatic N) is 1. The predicted molar refractivity (Wildman–Crippen MR) is 38.5 cm³/mol. The third-order valence-corrected chi connectivity index (χ3v) is 0.902. The second kappa shape index (κ2) is 3.85. The molecule has 0 aliphatic heterocycles. The van der Waals surface area contributed by atoms with Crippen LogP contribution in [-0.2, 0) is 0 Å². The minimum atomic E-state index is 0.0647. The zero-order valence-electron chi connectivity index (χ0n) is 6.52. The average molecular weight is 130 g/mol. The standard InChI is InChI=1S/C7H16NO/c1-7(2,3)8-5-4-6-9/h9H,4-6H2,1-3H3. The Morgan fingerprint density at radius 3 is 2.22 bits per heavy atom. The van der Waals surface area contributed by atoms with E-state index in [0.29, 0.717) is 0 Å². The molecule has 0 heterocycles. The summed E-state index contributed by atoms with van der Waals surface area (Å²) in [5, 5.41) is 12.7. The van der Waals surface area contributed by atoms with Gasteiger partial charge < -0.3 is 5.11 Å². The fourth-order valence-corrected chi connectivity index (χ4v) is 0.485. The molecule has 0 bridgehead atoms. The minimum absolute atomic E-state index is 0.0647. The van der Waals surface area contributed by atoms with Crippen LogP contribution >= 0.6 is 0 Å². The number of hydrogen-bond acceptors (Lipinski definition) is 1.